The molecule has 1 aliphatic heterocycles. The van der Waals surface area contributed by atoms with E-state index in [4.69, 9.17) is 5.26 Å². The summed E-state index contributed by atoms with van der Waals surface area (Å²) in [6, 6.07) is 9.61. The molecule has 1 heterocycles. The minimum absolute atomic E-state index is 0.0188. The van der Waals surface area contributed by atoms with Gasteiger partial charge in [0.15, 0.2) is 0 Å². The third kappa shape index (κ3) is 5.53. The van der Waals surface area contributed by atoms with Crippen LogP contribution in [0.25, 0.3) is 6.08 Å². The number of hydrogen-bond donors (Lipinski definition) is 1. The molecule has 1 aromatic carbocycles. The lowest BCUT2D eigenvalue weighted by Crippen LogP contribution is -2.46. The van der Waals surface area contributed by atoms with Crippen molar-refractivity contribution in [2.45, 2.75) is 25.3 Å². The zero-order valence-electron chi connectivity index (χ0n) is 12.7. The molecule has 1 saturated heterocycles. The van der Waals surface area contributed by atoms with Crippen molar-refractivity contribution in [3.05, 3.63) is 40.4 Å². The molecule has 1 aliphatic rings. The first-order chi connectivity index (χ1) is 11.1. The van der Waals surface area contributed by atoms with E-state index in [1.54, 1.807) is 17.1 Å². The van der Waals surface area contributed by atoms with E-state index < -0.39 is 0 Å². The maximum Gasteiger partial charge on any atom is 0.246 e. The van der Waals surface area contributed by atoms with Gasteiger partial charge in [-0.2, -0.15) is 5.26 Å². The van der Waals surface area contributed by atoms with Gasteiger partial charge in [0, 0.05) is 29.7 Å². The molecule has 1 aromatic rings. The molecule has 0 bridgehead atoms. The standard InChI is InChI=1S/C17H18BrN3O2/c18-14-4-1-13(2-5-14)3-6-17(23)21-11-8-15(9-12-21)20-16(22)7-10-19/h1-6,15H,7-9,11-12H2,(H,20,22)/b6-3+. The Kier molecular flexibility index (Phi) is 6.36. The minimum Gasteiger partial charge on any atom is -0.352 e. The Morgan fingerprint density at radius 3 is 2.57 bits per heavy atom. The van der Waals surface area contributed by atoms with Gasteiger partial charge in [0.2, 0.25) is 11.8 Å². The number of carbonyl (C=O) groups excluding carboxylic acids is 2. The number of carbonyl (C=O) groups is 2. The molecule has 6 heteroatoms. The van der Waals surface area contributed by atoms with E-state index in [9.17, 15) is 9.59 Å². The zero-order chi connectivity index (χ0) is 16.7. The molecule has 0 aliphatic carbocycles. The van der Waals surface area contributed by atoms with Crippen LogP contribution in [0.1, 0.15) is 24.8 Å². The number of nitriles is 1. The van der Waals surface area contributed by atoms with Crippen LogP contribution >= 0.6 is 15.9 Å². The highest BCUT2D eigenvalue weighted by Gasteiger charge is 2.22. The van der Waals surface area contributed by atoms with Crippen molar-refractivity contribution in [1.29, 1.82) is 5.26 Å². The Morgan fingerprint density at radius 2 is 1.96 bits per heavy atom. The molecular weight excluding hydrogens is 358 g/mol. The summed E-state index contributed by atoms with van der Waals surface area (Å²) in [7, 11) is 0. The third-order valence-corrected chi connectivity index (χ3v) is 4.23. The summed E-state index contributed by atoms with van der Waals surface area (Å²) < 4.78 is 1.00. The van der Waals surface area contributed by atoms with Crippen molar-refractivity contribution in [3.8, 4) is 6.07 Å². The molecule has 2 amide bonds. The van der Waals surface area contributed by atoms with Crippen molar-refractivity contribution < 1.29 is 9.59 Å². The van der Waals surface area contributed by atoms with Gasteiger partial charge >= 0.3 is 0 Å². The van der Waals surface area contributed by atoms with Gasteiger partial charge in [-0.05, 0) is 36.6 Å². The van der Waals surface area contributed by atoms with E-state index >= 15 is 0 Å². The Hall–Kier alpha value is -2.13. The summed E-state index contributed by atoms with van der Waals surface area (Å²) in [5, 5.41) is 11.3. The minimum atomic E-state index is -0.243. The largest absolute Gasteiger partial charge is 0.352 e. The average Bonchev–Trinajstić information content (AvgIpc) is 2.55. The van der Waals surface area contributed by atoms with Gasteiger partial charge in [0.05, 0.1) is 6.07 Å². The van der Waals surface area contributed by atoms with Crippen LogP contribution in [0.3, 0.4) is 0 Å². The van der Waals surface area contributed by atoms with Crippen molar-refractivity contribution in [3.63, 3.8) is 0 Å². The van der Waals surface area contributed by atoms with Crippen molar-refractivity contribution in [2.75, 3.05) is 13.1 Å². The number of benzene rings is 1. The lowest BCUT2D eigenvalue weighted by molar-refractivity contribution is -0.127. The molecule has 0 atom stereocenters. The highest BCUT2D eigenvalue weighted by Crippen LogP contribution is 2.13. The molecule has 5 nitrogen and oxygen atoms in total. The van der Waals surface area contributed by atoms with Gasteiger partial charge in [-0.3, -0.25) is 9.59 Å². The smallest absolute Gasteiger partial charge is 0.246 e. The number of nitrogens with zero attached hydrogens (tertiary/aromatic N) is 2. The molecule has 0 aromatic heterocycles. The lowest BCUT2D eigenvalue weighted by atomic mass is 10.0. The Morgan fingerprint density at radius 1 is 1.30 bits per heavy atom. The van der Waals surface area contributed by atoms with Crippen LogP contribution < -0.4 is 5.32 Å². The highest BCUT2D eigenvalue weighted by atomic mass is 79.9. The first-order valence-electron chi connectivity index (χ1n) is 7.47. The van der Waals surface area contributed by atoms with E-state index in [0.717, 1.165) is 22.9 Å². The van der Waals surface area contributed by atoms with Gasteiger partial charge in [0.1, 0.15) is 6.42 Å². The van der Waals surface area contributed by atoms with E-state index in [1.165, 1.54) is 0 Å². The zero-order valence-corrected chi connectivity index (χ0v) is 14.3. The molecule has 0 spiro atoms. The molecule has 0 saturated carbocycles. The van der Waals surface area contributed by atoms with Crippen LogP contribution in [0.15, 0.2) is 34.8 Å². The predicted octanol–water partition coefficient (Wildman–Crippen LogP) is 2.48. The van der Waals surface area contributed by atoms with Crippen LogP contribution in [0.5, 0.6) is 0 Å². The fourth-order valence-corrected chi connectivity index (χ4v) is 2.71. The monoisotopic (exact) mass is 375 g/mol. The summed E-state index contributed by atoms with van der Waals surface area (Å²) in [4.78, 5) is 25.3. The molecule has 0 radical (unpaired) electrons. The van der Waals surface area contributed by atoms with E-state index in [2.05, 4.69) is 21.2 Å². The molecule has 1 fully saturated rings. The van der Waals surface area contributed by atoms with Crippen molar-refractivity contribution in [2.24, 2.45) is 0 Å². The van der Waals surface area contributed by atoms with E-state index in [-0.39, 0.29) is 24.3 Å². The van der Waals surface area contributed by atoms with Crippen LogP contribution in [0, 0.1) is 11.3 Å². The van der Waals surface area contributed by atoms with Gasteiger partial charge < -0.3 is 10.2 Å². The summed E-state index contributed by atoms with van der Waals surface area (Å²) in [5.74, 6) is -0.262. The first-order valence-corrected chi connectivity index (χ1v) is 8.26. The maximum atomic E-state index is 12.2. The molecule has 23 heavy (non-hydrogen) atoms. The van der Waals surface area contributed by atoms with Gasteiger partial charge in [0.25, 0.3) is 0 Å². The summed E-state index contributed by atoms with van der Waals surface area (Å²) in [6.45, 7) is 1.22. The second-order valence-corrected chi connectivity index (χ2v) is 6.30. The van der Waals surface area contributed by atoms with Gasteiger partial charge in [-0.25, -0.2) is 0 Å². The summed E-state index contributed by atoms with van der Waals surface area (Å²) in [6.07, 6.45) is 4.70. The molecule has 0 unspecified atom stereocenters. The third-order valence-electron chi connectivity index (χ3n) is 3.70. The quantitative estimate of drug-likeness (QED) is 0.821. The SMILES string of the molecule is N#CCC(=O)NC1CCN(C(=O)/C=C/c2ccc(Br)cc2)CC1. The van der Waals surface area contributed by atoms with E-state index in [1.807, 2.05) is 30.3 Å². The van der Waals surface area contributed by atoms with Gasteiger partial charge in [-0.1, -0.05) is 28.1 Å². The number of rotatable bonds is 4. The van der Waals surface area contributed by atoms with Crippen LogP contribution in [0.4, 0.5) is 0 Å². The Labute approximate surface area is 144 Å². The van der Waals surface area contributed by atoms with Crippen LogP contribution in [0.2, 0.25) is 0 Å². The van der Waals surface area contributed by atoms with Crippen LogP contribution in [-0.4, -0.2) is 35.8 Å². The normalized spacial score (nSPS) is 15.4. The van der Waals surface area contributed by atoms with E-state index in [0.29, 0.717) is 13.1 Å². The summed E-state index contributed by atoms with van der Waals surface area (Å²) in [5.41, 5.74) is 0.972. The number of halogens is 1. The number of amides is 2. The first kappa shape index (κ1) is 17.2. The fraction of sp³-hybridized carbons (Fsp3) is 0.353. The predicted molar refractivity (Wildman–Crippen MR) is 91.2 cm³/mol. The molecule has 1 N–H and O–H groups in total. The number of likely N-dealkylation sites (tertiary alicyclic amines) is 1. The van der Waals surface area contributed by atoms with Crippen molar-refractivity contribution in [1.82, 2.24) is 10.2 Å². The average molecular weight is 376 g/mol. The number of piperidine rings is 1. The molecule has 120 valence electrons. The summed E-state index contributed by atoms with van der Waals surface area (Å²) >= 11 is 3.37. The molecular formula is C17H18BrN3O2. The fourth-order valence-electron chi connectivity index (χ4n) is 2.44. The lowest BCUT2D eigenvalue weighted by Gasteiger charge is -2.31. The Balaban J connectivity index is 1.80. The Bertz CT molecular complexity index is 626. The molecule has 2 rings (SSSR count). The van der Waals surface area contributed by atoms with Crippen LogP contribution in [-0.2, 0) is 9.59 Å². The second kappa shape index (κ2) is 8.49. The van der Waals surface area contributed by atoms with Crippen molar-refractivity contribution >= 4 is 33.8 Å². The second-order valence-electron chi connectivity index (χ2n) is 5.39. The topological polar surface area (TPSA) is 73.2 Å². The number of hydrogen-bond acceptors (Lipinski definition) is 3. The highest BCUT2D eigenvalue weighted by molar-refractivity contribution is 9.10. The maximum absolute atomic E-state index is 12.2. The number of nitrogens with one attached hydrogen (secondary N) is 1. The van der Waals surface area contributed by atoms with Gasteiger partial charge in [-0.15, -0.1) is 0 Å².